The minimum Gasteiger partial charge on any atom is -0.356 e. The summed E-state index contributed by atoms with van der Waals surface area (Å²) in [5.74, 6) is -0.00937. The van der Waals surface area contributed by atoms with Gasteiger partial charge in [-0.2, -0.15) is 5.10 Å². The maximum absolute atomic E-state index is 13.4. The number of carbonyl (C=O) groups is 2. The van der Waals surface area contributed by atoms with Crippen LogP contribution in [0.25, 0.3) is 0 Å². The summed E-state index contributed by atoms with van der Waals surface area (Å²) >= 11 is 0. The molecule has 3 rings (SSSR count). The van der Waals surface area contributed by atoms with Crippen LogP contribution in [0, 0.1) is 11.7 Å². The van der Waals surface area contributed by atoms with Crippen molar-refractivity contribution in [3.05, 3.63) is 53.1 Å². The third-order valence-corrected chi connectivity index (χ3v) is 5.39. The van der Waals surface area contributed by atoms with E-state index in [1.54, 1.807) is 12.3 Å². The van der Waals surface area contributed by atoms with Gasteiger partial charge < -0.3 is 10.2 Å². The number of nitrogens with one attached hydrogen (secondary N) is 1. The molecule has 2 aromatic rings. The molecule has 7 heteroatoms. The van der Waals surface area contributed by atoms with Crippen LogP contribution in [0.15, 0.2) is 30.5 Å². The van der Waals surface area contributed by atoms with E-state index in [1.165, 1.54) is 19.1 Å². The molecule has 0 saturated carbocycles. The van der Waals surface area contributed by atoms with Crippen LogP contribution in [0.4, 0.5) is 4.39 Å². The number of aromatic nitrogens is 2. The molecule has 2 heterocycles. The molecule has 1 unspecified atom stereocenters. The van der Waals surface area contributed by atoms with Gasteiger partial charge in [-0.3, -0.25) is 14.3 Å². The van der Waals surface area contributed by atoms with Crippen LogP contribution in [0.3, 0.4) is 0 Å². The van der Waals surface area contributed by atoms with Crippen LogP contribution in [-0.2, 0) is 24.2 Å². The third-order valence-electron chi connectivity index (χ3n) is 5.39. The normalized spacial score (nSPS) is 15.6. The molecule has 1 atom stereocenters. The molecule has 1 aromatic carbocycles. The molecule has 1 aromatic heterocycles. The van der Waals surface area contributed by atoms with E-state index in [0.29, 0.717) is 37.5 Å². The molecule has 2 amide bonds. The van der Waals surface area contributed by atoms with E-state index in [2.05, 4.69) is 10.4 Å². The van der Waals surface area contributed by atoms with Crippen LogP contribution in [0.2, 0.25) is 0 Å². The van der Waals surface area contributed by atoms with Crippen LogP contribution in [-0.4, -0.2) is 46.1 Å². The first-order valence-corrected chi connectivity index (χ1v) is 10.3. The van der Waals surface area contributed by atoms with E-state index in [-0.39, 0.29) is 17.6 Å². The number of carbonyl (C=O) groups excluding carboxylic acids is 2. The first-order valence-electron chi connectivity index (χ1n) is 10.3. The summed E-state index contributed by atoms with van der Waals surface area (Å²) in [7, 11) is 0. The van der Waals surface area contributed by atoms with Gasteiger partial charge in [0.15, 0.2) is 0 Å². The van der Waals surface area contributed by atoms with E-state index < -0.39 is 0 Å². The Kier molecular flexibility index (Phi) is 7.01. The van der Waals surface area contributed by atoms with Crippen molar-refractivity contribution in [1.29, 1.82) is 0 Å². The van der Waals surface area contributed by atoms with Crippen LogP contribution >= 0.6 is 0 Å². The molecule has 29 heavy (non-hydrogen) atoms. The van der Waals surface area contributed by atoms with Crippen LogP contribution < -0.4 is 5.32 Å². The van der Waals surface area contributed by atoms with Gasteiger partial charge in [-0.1, -0.05) is 19.1 Å². The summed E-state index contributed by atoms with van der Waals surface area (Å²) in [5.41, 5.74) is 2.47. The molecule has 0 spiro atoms. The smallest absolute Gasteiger partial charge is 0.257 e. The first-order chi connectivity index (χ1) is 14.0. The highest BCUT2D eigenvalue weighted by atomic mass is 19.1. The lowest BCUT2D eigenvalue weighted by Gasteiger charge is -2.26. The predicted molar refractivity (Wildman–Crippen MR) is 109 cm³/mol. The fourth-order valence-electron chi connectivity index (χ4n) is 3.85. The average Bonchev–Trinajstić information content (AvgIpc) is 3.12. The monoisotopic (exact) mass is 400 g/mol. The van der Waals surface area contributed by atoms with E-state index >= 15 is 0 Å². The molecular weight excluding hydrogens is 371 g/mol. The standard InChI is InChI=1S/C22H29FN4O2/c1-3-9-26(10-7-17-5-4-6-19(23)12-17)22(29)20-15-25-27-11-8-18(13-21(20)27)14-24-16(2)28/h4-6,12,15,18H,3,7-11,13-14H2,1-2H3,(H,24,28). The van der Waals surface area contributed by atoms with Crippen molar-refractivity contribution in [3.63, 3.8) is 0 Å². The number of nitrogens with zero attached hydrogens (tertiary/aromatic N) is 3. The summed E-state index contributed by atoms with van der Waals surface area (Å²) in [4.78, 5) is 26.3. The first kappa shape index (κ1) is 21.0. The van der Waals surface area contributed by atoms with Crippen molar-refractivity contribution in [1.82, 2.24) is 20.0 Å². The highest BCUT2D eigenvalue weighted by Gasteiger charge is 2.27. The summed E-state index contributed by atoms with van der Waals surface area (Å²) in [6, 6.07) is 6.52. The quantitative estimate of drug-likeness (QED) is 0.741. The molecule has 1 aliphatic rings. The van der Waals surface area contributed by atoms with Gasteiger partial charge in [0.1, 0.15) is 5.82 Å². The zero-order chi connectivity index (χ0) is 20.8. The Balaban J connectivity index is 1.70. The van der Waals surface area contributed by atoms with E-state index in [0.717, 1.165) is 37.1 Å². The third kappa shape index (κ3) is 5.43. The average molecular weight is 400 g/mol. The number of fused-ring (bicyclic) bond motifs is 1. The Labute approximate surface area is 171 Å². The van der Waals surface area contributed by atoms with Crippen molar-refractivity contribution >= 4 is 11.8 Å². The lowest BCUT2D eigenvalue weighted by atomic mass is 9.94. The maximum Gasteiger partial charge on any atom is 0.257 e. The molecule has 6 nitrogen and oxygen atoms in total. The maximum atomic E-state index is 13.4. The SMILES string of the molecule is CCCN(CCc1cccc(F)c1)C(=O)c1cnn2c1CC(CNC(C)=O)CC2. The fourth-order valence-corrected chi connectivity index (χ4v) is 3.85. The fraction of sp³-hybridized carbons (Fsp3) is 0.500. The van der Waals surface area contributed by atoms with Gasteiger partial charge >= 0.3 is 0 Å². The van der Waals surface area contributed by atoms with Gasteiger partial charge in [-0.15, -0.1) is 0 Å². The largest absolute Gasteiger partial charge is 0.356 e. The predicted octanol–water partition coefficient (Wildman–Crippen LogP) is 2.82. The second-order valence-electron chi connectivity index (χ2n) is 7.70. The number of hydrogen-bond donors (Lipinski definition) is 1. The molecule has 1 aliphatic heterocycles. The molecule has 0 fully saturated rings. The molecule has 0 saturated heterocycles. The van der Waals surface area contributed by atoms with Gasteiger partial charge in [-0.05, 0) is 49.3 Å². The van der Waals surface area contributed by atoms with Crippen molar-refractivity contribution < 1.29 is 14.0 Å². The highest BCUT2D eigenvalue weighted by Crippen LogP contribution is 2.24. The Morgan fingerprint density at radius 2 is 2.17 bits per heavy atom. The van der Waals surface area contributed by atoms with Crippen LogP contribution in [0.5, 0.6) is 0 Å². The van der Waals surface area contributed by atoms with Crippen molar-refractivity contribution in [2.24, 2.45) is 5.92 Å². The number of hydrogen-bond acceptors (Lipinski definition) is 3. The highest BCUT2D eigenvalue weighted by molar-refractivity contribution is 5.95. The zero-order valence-corrected chi connectivity index (χ0v) is 17.2. The minimum atomic E-state index is -0.258. The Morgan fingerprint density at radius 1 is 1.34 bits per heavy atom. The summed E-state index contributed by atoms with van der Waals surface area (Å²) < 4.78 is 15.4. The lowest BCUT2D eigenvalue weighted by Crippen LogP contribution is -2.36. The molecule has 156 valence electrons. The Bertz CT molecular complexity index is 864. The molecule has 0 aliphatic carbocycles. The summed E-state index contributed by atoms with van der Waals surface area (Å²) in [6.07, 6.45) is 4.79. The van der Waals surface area contributed by atoms with Crippen molar-refractivity contribution in [3.8, 4) is 0 Å². The van der Waals surface area contributed by atoms with Gasteiger partial charge in [0, 0.05) is 33.1 Å². The topological polar surface area (TPSA) is 67.2 Å². The van der Waals surface area contributed by atoms with Crippen LogP contribution in [0.1, 0.15) is 48.3 Å². The molecule has 0 bridgehead atoms. The summed E-state index contributed by atoms with van der Waals surface area (Å²) in [5, 5.41) is 7.29. The van der Waals surface area contributed by atoms with Crippen molar-refractivity contribution in [2.75, 3.05) is 19.6 Å². The van der Waals surface area contributed by atoms with Gasteiger partial charge in [0.25, 0.3) is 5.91 Å². The van der Waals surface area contributed by atoms with Gasteiger partial charge in [0.2, 0.25) is 5.91 Å². The van der Waals surface area contributed by atoms with Crippen molar-refractivity contribution in [2.45, 2.75) is 46.1 Å². The second kappa shape index (κ2) is 9.67. The van der Waals surface area contributed by atoms with Gasteiger partial charge in [-0.25, -0.2) is 4.39 Å². The van der Waals surface area contributed by atoms with E-state index in [9.17, 15) is 14.0 Å². The summed E-state index contributed by atoms with van der Waals surface area (Å²) in [6.45, 7) is 6.11. The zero-order valence-electron chi connectivity index (χ0n) is 17.2. The number of amides is 2. The van der Waals surface area contributed by atoms with E-state index in [4.69, 9.17) is 0 Å². The Morgan fingerprint density at radius 3 is 2.90 bits per heavy atom. The Hall–Kier alpha value is -2.70. The molecule has 1 N–H and O–H groups in total. The molecular formula is C22H29FN4O2. The number of aryl methyl sites for hydroxylation is 1. The minimum absolute atomic E-state index is 0.0234. The second-order valence-corrected chi connectivity index (χ2v) is 7.70. The number of benzene rings is 1. The molecule has 0 radical (unpaired) electrons. The number of rotatable bonds is 8. The van der Waals surface area contributed by atoms with E-state index in [1.807, 2.05) is 22.6 Å². The lowest BCUT2D eigenvalue weighted by molar-refractivity contribution is -0.119. The van der Waals surface area contributed by atoms with Gasteiger partial charge in [0.05, 0.1) is 17.5 Å². The number of halogens is 1.